The van der Waals surface area contributed by atoms with E-state index in [-0.39, 0.29) is 6.04 Å². The van der Waals surface area contributed by atoms with E-state index in [1.54, 1.807) is 0 Å². The molecule has 1 aliphatic rings. The van der Waals surface area contributed by atoms with Crippen molar-refractivity contribution in [2.24, 2.45) is 5.73 Å². The van der Waals surface area contributed by atoms with E-state index in [9.17, 15) is 0 Å². The number of hydrogen-bond donors (Lipinski definition) is 1. The van der Waals surface area contributed by atoms with Gasteiger partial charge in [-0.1, -0.05) is 30.3 Å². The van der Waals surface area contributed by atoms with E-state index in [1.165, 1.54) is 18.4 Å². The van der Waals surface area contributed by atoms with Crippen LogP contribution in [0.1, 0.15) is 35.6 Å². The van der Waals surface area contributed by atoms with Crippen LogP contribution in [0, 0.1) is 6.92 Å². The smallest absolute Gasteiger partial charge is 0.128 e. The molecule has 2 N–H and O–H groups in total. The second-order valence-corrected chi connectivity index (χ2v) is 5.48. The number of nitrogens with two attached hydrogens (primary N) is 1. The van der Waals surface area contributed by atoms with Gasteiger partial charge in [-0.25, -0.2) is 4.98 Å². The monoisotopic (exact) mass is 267 g/mol. The Morgan fingerprint density at radius 1 is 1.15 bits per heavy atom. The van der Waals surface area contributed by atoms with Crippen LogP contribution in [0.25, 0.3) is 0 Å². The van der Waals surface area contributed by atoms with Crippen LogP contribution in [0.15, 0.2) is 42.6 Å². The molecule has 104 valence electrons. The predicted octanol–water partition coefficient (Wildman–Crippen LogP) is 3.04. The lowest BCUT2D eigenvalue weighted by molar-refractivity contribution is 0.845. The van der Waals surface area contributed by atoms with Gasteiger partial charge in [0.05, 0.1) is 6.04 Å². The van der Waals surface area contributed by atoms with E-state index in [2.05, 4.69) is 35.0 Å². The highest BCUT2D eigenvalue weighted by Gasteiger charge is 2.16. The van der Waals surface area contributed by atoms with Gasteiger partial charge in [-0.15, -0.1) is 0 Å². The number of nitrogens with zero attached hydrogens (tertiary/aromatic N) is 2. The predicted molar refractivity (Wildman–Crippen MR) is 82.9 cm³/mol. The molecular formula is C17H21N3. The Bertz CT molecular complexity index is 574. The summed E-state index contributed by atoms with van der Waals surface area (Å²) in [6.45, 7) is 4.37. The van der Waals surface area contributed by atoms with Crippen molar-refractivity contribution in [3.63, 3.8) is 0 Å². The third kappa shape index (κ3) is 2.54. The summed E-state index contributed by atoms with van der Waals surface area (Å²) in [5.74, 6) is 1.09. The molecule has 1 aromatic carbocycles. The van der Waals surface area contributed by atoms with Gasteiger partial charge in [0.25, 0.3) is 0 Å². The fourth-order valence-corrected chi connectivity index (χ4v) is 2.84. The summed E-state index contributed by atoms with van der Waals surface area (Å²) in [5.41, 5.74) is 9.83. The summed E-state index contributed by atoms with van der Waals surface area (Å²) in [4.78, 5) is 6.97. The van der Waals surface area contributed by atoms with Crippen LogP contribution in [0.4, 0.5) is 5.82 Å². The van der Waals surface area contributed by atoms with Crippen LogP contribution in [-0.4, -0.2) is 18.1 Å². The fourth-order valence-electron chi connectivity index (χ4n) is 2.84. The average molecular weight is 267 g/mol. The Hall–Kier alpha value is -1.87. The first-order valence-corrected chi connectivity index (χ1v) is 7.28. The molecule has 0 amide bonds. The van der Waals surface area contributed by atoms with Gasteiger partial charge in [0, 0.05) is 19.3 Å². The first-order chi connectivity index (χ1) is 9.75. The summed E-state index contributed by atoms with van der Waals surface area (Å²) < 4.78 is 0. The second-order valence-electron chi connectivity index (χ2n) is 5.48. The zero-order valence-electron chi connectivity index (χ0n) is 11.9. The number of aryl methyl sites for hydroxylation is 1. The van der Waals surface area contributed by atoms with Crippen LogP contribution < -0.4 is 10.6 Å². The van der Waals surface area contributed by atoms with Crippen LogP contribution in [0.5, 0.6) is 0 Å². The molecule has 2 heterocycles. The van der Waals surface area contributed by atoms with Gasteiger partial charge in [-0.05, 0) is 42.5 Å². The summed E-state index contributed by atoms with van der Waals surface area (Å²) in [6.07, 6.45) is 4.48. The Morgan fingerprint density at radius 2 is 1.85 bits per heavy atom. The highest BCUT2D eigenvalue weighted by atomic mass is 15.2. The third-order valence-corrected chi connectivity index (χ3v) is 4.06. The SMILES string of the molecule is Cc1cc(N2CCCC2)ncc1C(N)c1ccccc1. The third-order valence-electron chi connectivity index (χ3n) is 4.06. The molecule has 2 aromatic rings. The molecule has 1 fully saturated rings. The van der Waals surface area contributed by atoms with Crippen LogP contribution >= 0.6 is 0 Å². The molecule has 3 heteroatoms. The minimum absolute atomic E-state index is 0.101. The number of hydrogen-bond acceptors (Lipinski definition) is 3. The van der Waals surface area contributed by atoms with E-state index < -0.39 is 0 Å². The Balaban J connectivity index is 1.87. The molecule has 0 bridgehead atoms. The standard InChI is InChI=1S/C17H21N3/c1-13-11-16(20-9-5-6-10-20)19-12-15(13)17(18)14-7-3-2-4-8-14/h2-4,7-8,11-12,17H,5-6,9-10,18H2,1H3. The molecule has 1 atom stereocenters. The molecule has 1 aromatic heterocycles. The van der Waals surface area contributed by atoms with Crippen LogP contribution in [0.3, 0.4) is 0 Å². The minimum atomic E-state index is -0.101. The second kappa shape index (κ2) is 5.63. The Labute approximate surface area is 120 Å². The number of rotatable bonds is 3. The van der Waals surface area contributed by atoms with Gasteiger partial charge < -0.3 is 10.6 Å². The van der Waals surface area contributed by atoms with E-state index >= 15 is 0 Å². The molecule has 0 aliphatic carbocycles. The molecule has 1 saturated heterocycles. The van der Waals surface area contributed by atoms with E-state index in [1.807, 2.05) is 24.4 Å². The van der Waals surface area contributed by atoms with Gasteiger partial charge >= 0.3 is 0 Å². The first kappa shape index (κ1) is 13.1. The Morgan fingerprint density at radius 3 is 2.50 bits per heavy atom. The largest absolute Gasteiger partial charge is 0.357 e. The average Bonchev–Trinajstić information content (AvgIpc) is 3.01. The molecule has 1 aliphatic heterocycles. The van der Waals surface area contributed by atoms with Crippen molar-refractivity contribution in [2.45, 2.75) is 25.8 Å². The Kier molecular flexibility index (Phi) is 3.70. The first-order valence-electron chi connectivity index (χ1n) is 7.28. The van der Waals surface area contributed by atoms with Gasteiger partial charge in [-0.3, -0.25) is 0 Å². The van der Waals surface area contributed by atoms with Crippen LogP contribution in [-0.2, 0) is 0 Å². The minimum Gasteiger partial charge on any atom is -0.357 e. The maximum absolute atomic E-state index is 6.37. The number of anilines is 1. The zero-order valence-corrected chi connectivity index (χ0v) is 11.9. The van der Waals surface area contributed by atoms with Crippen molar-refractivity contribution in [2.75, 3.05) is 18.0 Å². The van der Waals surface area contributed by atoms with Crippen molar-refractivity contribution in [1.29, 1.82) is 0 Å². The zero-order chi connectivity index (χ0) is 13.9. The van der Waals surface area contributed by atoms with Gasteiger partial charge in [0.15, 0.2) is 0 Å². The lowest BCUT2D eigenvalue weighted by atomic mass is 9.97. The highest BCUT2D eigenvalue weighted by molar-refractivity contribution is 5.46. The maximum atomic E-state index is 6.37. The lowest BCUT2D eigenvalue weighted by Gasteiger charge is -2.20. The topological polar surface area (TPSA) is 42.2 Å². The van der Waals surface area contributed by atoms with E-state index in [0.717, 1.165) is 30.0 Å². The van der Waals surface area contributed by atoms with Crippen molar-refractivity contribution >= 4 is 5.82 Å². The van der Waals surface area contributed by atoms with Crippen molar-refractivity contribution in [1.82, 2.24) is 4.98 Å². The molecule has 20 heavy (non-hydrogen) atoms. The van der Waals surface area contributed by atoms with Crippen LogP contribution in [0.2, 0.25) is 0 Å². The summed E-state index contributed by atoms with van der Waals surface area (Å²) in [5, 5.41) is 0. The summed E-state index contributed by atoms with van der Waals surface area (Å²) in [7, 11) is 0. The molecule has 3 rings (SSSR count). The molecule has 1 unspecified atom stereocenters. The van der Waals surface area contributed by atoms with Crippen molar-refractivity contribution in [3.8, 4) is 0 Å². The van der Waals surface area contributed by atoms with E-state index in [0.29, 0.717) is 0 Å². The van der Waals surface area contributed by atoms with Gasteiger partial charge in [-0.2, -0.15) is 0 Å². The highest BCUT2D eigenvalue weighted by Crippen LogP contribution is 2.25. The van der Waals surface area contributed by atoms with E-state index in [4.69, 9.17) is 5.73 Å². The maximum Gasteiger partial charge on any atom is 0.128 e. The summed E-state index contributed by atoms with van der Waals surface area (Å²) >= 11 is 0. The molecule has 0 spiro atoms. The fraction of sp³-hybridized carbons (Fsp3) is 0.353. The quantitative estimate of drug-likeness (QED) is 0.929. The van der Waals surface area contributed by atoms with Crippen molar-refractivity contribution in [3.05, 3.63) is 59.3 Å². The number of aromatic nitrogens is 1. The number of benzene rings is 1. The molecule has 0 radical (unpaired) electrons. The normalized spacial score (nSPS) is 16.4. The molecular weight excluding hydrogens is 246 g/mol. The lowest BCUT2D eigenvalue weighted by Crippen LogP contribution is -2.20. The molecule has 3 nitrogen and oxygen atoms in total. The summed E-state index contributed by atoms with van der Waals surface area (Å²) in [6, 6.07) is 12.3. The van der Waals surface area contributed by atoms with Gasteiger partial charge in [0.2, 0.25) is 0 Å². The van der Waals surface area contributed by atoms with Crippen molar-refractivity contribution < 1.29 is 0 Å². The number of pyridine rings is 1. The molecule has 0 saturated carbocycles. The van der Waals surface area contributed by atoms with Gasteiger partial charge in [0.1, 0.15) is 5.82 Å².